The summed E-state index contributed by atoms with van der Waals surface area (Å²) in [5.41, 5.74) is 4.00. The van der Waals surface area contributed by atoms with Crippen LogP contribution in [0, 0.1) is 23.7 Å². The second-order valence-corrected chi connectivity index (χ2v) is 12.1. The van der Waals surface area contributed by atoms with Crippen molar-refractivity contribution in [1.82, 2.24) is 0 Å². The molecular weight excluding hydrogens is 468 g/mol. The summed E-state index contributed by atoms with van der Waals surface area (Å²) in [7, 11) is 0. The molecule has 0 aromatic heterocycles. The fourth-order valence-electron chi connectivity index (χ4n) is 5.60. The van der Waals surface area contributed by atoms with Crippen molar-refractivity contribution in [3.05, 3.63) is 49.1 Å². The molecule has 0 aromatic carbocycles. The van der Waals surface area contributed by atoms with Crippen LogP contribution in [-0.2, 0) is 0 Å². The third-order valence-corrected chi connectivity index (χ3v) is 8.04. The number of hydrogen-bond donors (Lipinski definition) is 0. The minimum atomic E-state index is 0.595. The lowest BCUT2D eigenvalue weighted by Crippen LogP contribution is -2.21. The molecule has 0 aliphatic rings. The van der Waals surface area contributed by atoms with Crippen LogP contribution >= 0.6 is 0 Å². The maximum Gasteiger partial charge on any atom is -0.0135 e. The molecule has 0 aliphatic heterocycles. The highest BCUT2D eigenvalue weighted by Gasteiger charge is 2.26. The van der Waals surface area contributed by atoms with E-state index in [1.807, 2.05) is 20.8 Å². The van der Waals surface area contributed by atoms with Gasteiger partial charge in [-0.3, -0.25) is 0 Å². The molecule has 0 aromatic rings. The van der Waals surface area contributed by atoms with Crippen LogP contribution in [0.2, 0.25) is 0 Å². The van der Waals surface area contributed by atoms with Crippen molar-refractivity contribution in [2.45, 2.75) is 178 Å². The van der Waals surface area contributed by atoms with Crippen molar-refractivity contribution >= 4 is 0 Å². The van der Waals surface area contributed by atoms with Crippen molar-refractivity contribution < 1.29 is 0 Å². The number of rotatable bonds is 24. The lowest BCUT2D eigenvalue weighted by molar-refractivity contribution is 0.264. The van der Waals surface area contributed by atoms with Gasteiger partial charge in [0, 0.05) is 0 Å². The van der Waals surface area contributed by atoms with Crippen LogP contribution in [0.4, 0.5) is 0 Å². The van der Waals surface area contributed by atoms with E-state index in [1.165, 1.54) is 126 Å². The Kier molecular flexibility index (Phi) is 34.3. The predicted octanol–water partition coefficient (Wildman–Crippen LogP) is 14.5. The van der Waals surface area contributed by atoms with Crippen LogP contribution in [0.5, 0.6) is 0 Å². The van der Waals surface area contributed by atoms with Gasteiger partial charge in [-0.25, -0.2) is 0 Å². The number of allylic oxidation sites excluding steroid dienone is 4. The maximum absolute atomic E-state index is 4.54. The molecule has 0 rings (SSSR count). The molecule has 3 unspecified atom stereocenters. The van der Waals surface area contributed by atoms with E-state index < -0.39 is 0 Å². The molecule has 3 atom stereocenters. The molecular formula is C39H76. The van der Waals surface area contributed by atoms with Crippen molar-refractivity contribution in [3.8, 4) is 0 Å². The Hall–Kier alpha value is -1.04. The highest BCUT2D eigenvalue weighted by Crippen LogP contribution is 2.38. The first-order valence-electron chi connectivity index (χ1n) is 17.3. The predicted molar refractivity (Wildman–Crippen MR) is 186 cm³/mol. The summed E-state index contributed by atoms with van der Waals surface area (Å²) in [5, 5.41) is 0. The molecule has 0 saturated carbocycles. The van der Waals surface area contributed by atoms with Gasteiger partial charge in [-0.05, 0) is 81.6 Å². The quantitative estimate of drug-likeness (QED) is 0.0643. The molecule has 0 spiro atoms. The Labute approximate surface area is 250 Å². The van der Waals surface area contributed by atoms with E-state index >= 15 is 0 Å². The first kappa shape index (κ1) is 42.4. The second-order valence-electron chi connectivity index (χ2n) is 12.1. The molecule has 0 fully saturated rings. The molecule has 0 heterocycles. The number of unbranched alkanes of at least 4 members (excludes halogenated alkanes) is 10. The molecule has 0 N–H and O–H groups in total. The van der Waals surface area contributed by atoms with Crippen LogP contribution < -0.4 is 0 Å². The van der Waals surface area contributed by atoms with Gasteiger partial charge in [0.05, 0.1) is 0 Å². The summed E-state index contributed by atoms with van der Waals surface area (Å²) in [5.74, 6) is 2.75. The third kappa shape index (κ3) is 25.7. The van der Waals surface area contributed by atoms with Crippen LogP contribution in [-0.4, -0.2) is 0 Å². The lowest BCUT2D eigenvalue weighted by atomic mass is 9.73. The summed E-state index contributed by atoms with van der Waals surface area (Å²) in [6, 6.07) is 0. The van der Waals surface area contributed by atoms with Crippen molar-refractivity contribution in [1.29, 1.82) is 0 Å². The molecule has 0 saturated heterocycles. The van der Waals surface area contributed by atoms with Gasteiger partial charge in [-0.1, -0.05) is 162 Å². The number of hydrogen-bond acceptors (Lipinski definition) is 0. The van der Waals surface area contributed by atoms with Gasteiger partial charge >= 0.3 is 0 Å². The van der Waals surface area contributed by atoms with Crippen molar-refractivity contribution in [2.75, 3.05) is 0 Å². The third-order valence-electron chi connectivity index (χ3n) is 8.04. The second kappa shape index (κ2) is 31.5. The van der Waals surface area contributed by atoms with E-state index in [2.05, 4.69) is 67.9 Å². The van der Waals surface area contributed by atoms with Gasteiger partial charge < -0.3 is 0 Å². The van der Waals surface area contributed by atoms with Gasteiger partial charge in [0.25, 0.3) is 0 Å². The van der Waals surface area contributed by atoms with E-state index in [9.17, 15) is 0 Å². The smallest absolute Gasteiger partial charge is 0.0135 e. The molecule has 39 heavy (non-hydrogen) atoms. The highest BCUT2D eigenvalue weighted by atomic mass is 14.3. The van der Waals surface area contributed by atoms with E-state index in [1.54, 1.807) is 6.08 Å². The van der Waals surface area contributed by atoms with Crippen molar-refractivity contribution in [3.63, 3.8) is 0 Å². The van der Waals surface area contributed by atoms with Gasteiger partial charge in [-0.15, -0.1) is 6.58 Å². The zero-order valence-electron chi connectivity index (χ0n) is 28.9. The van der Waals surface area contributed by atoms with Crippen LogP contribution in [0.25, 0.3) is 0 Å². The minimum absolute atomic E-state index is 0.595. The fourth-order valence-corrected chi connectivity index (χ4v) is 5.60. The first-order valence-corrected chi connectivity index (χ1v) is 17.3. The lowest BCUT2D eigenvalue weighted by Gasteiger charge is -2.32. The summed E-state index contributed by atoms with van der Waals surface area (Å²) in [6.07, 6.45) is 26.2. The average Bonchev–Trinajstić information content (AvgIpc) is 2.92. The minimum Gasteiger partial charge on any atom is -0.103 e. The Morgan fingerprint density at radius 3 is 1.54 bits per heavy atom. The summed E-state index contributed by atoms with van der Waals surface area (Å²) < 4.78 is 0. The van der Waals surface area contributed by atoms with Crippen LogP contribution in [0.1, 0.15) is 178 Å². The van der Waals surface area contributed by atoms with Crippen LogP contribution in [0.15, 0.2) is 49.1 Å². The summed E-state index contributed by atoms with van der Waals surface area (Å²) in [6.45, 7) is 36.4. The Bertz CT molecular complexity index is 563. The molecule has 0 heteroatoms. The molecule has 0 amide bonds. The largest absolute Gasteiger partial charge is 0.103 e. The fraction of sp³-hybridized carbons (Fsp3) is 0.795. The molecule has 0 nitrogen and oxygen atoms in total. The standard InChI is InChI=1S/C34H64.C3H6.C2H6/c1-10-13-15-16-17-18-19-20-22-24-33(34(27-28(4)5)31(9)29(6)7)26-25-32(30(8)12-3)23-21-14-11-2;1-3-2;1-2/h28,32-34H,6,8-27H2,1-5,7H3;3H,1H2,2H3;1-2H3. The zero-order chi connectivity index (χ0) is 30.5. The Morgan fingerprint density at radius 2 is 1.10 bits per heavy atom. The van der Waals surface area contributed by atoms with E-state index in [0.717, 1.165) is 12.3 Å². The monoisotopic (exact) mass is 545 g/mol. The Morgan fingerprint density at radius 1 is 0.667 bits per heavy atom. The average molecular weight is 545 g/mol. The van der Waals surface area contributed by atoms with Crippen LogP contribution in [0.3, 0.4) is 0 Å². The normalized spacial score (nSPS) is 12.9. The highest BCUT2D eigenvalue weighted by molar-refractivity contribution is 5.26. The summed E-state index contributed by atoms with van der Waals surface area (Å²) in [4.78, 5) is 0. The molecule has 0 radical (unpaired) electrons. The molecule has 0 bridgehead atoms. The zero-order valence-corrected chi connectivity index (χ0v) is 28.9. The van der Waals surface area contributed by atoms with E-state index in [4.69, 9.17) is 0 Å². The summed E-state index contributed by atoms with van der Waals surface area (Å²) >= 11 is 0. The van der Waals surface area contributed by atoms with Gasteiger partial charge in [0.15, 0.2) is 0 Å². The van der Waals surface area contributed by atoms with Gasteiger partial charge in [0.2, 0.25) is 0 Å². The molecule has 232 valence electrons. The maximum atomic E-state index is 4.54. The van der Waals surface area contributed by atoms with Crippen molar-refractivity contribution in [2.24, 2.45) is 23.7 Å². The SMILES string of the molecule is C=C(C)C(=C)C(CC(C)C)C(CCCCCCCCCCC)CCC(CCCCC)C(=C)CC.C=CC.CC. The van der Waals surface area contributed by atoms with Gasteiger partial charge in [-0.2, -0.15) is 0 Å². The topological polar surface area (TPSA) is 0 Å². The molecule has 0 aliphatic carbocycles. The van der Waals surface area contributed by atoms with Gasteiger partial charge in [0.1, 0.15) is 0 Å². The van der Waals surface area contributed by atoms with E-state index in [-0.39, 0.29) is 0 Å². The Balaban J connectivity index is -0.00000241. The van der Waals surface area contributed by atoms with E-state index in [0.29, 0.717) is 17.8 Å². The first-order chi connectivity index (χ1) is 18.7.